The van der Waals surface area contributed by atoms with E-state index in [1.165, 1.54) is 19.3 Å². The van der Waals surface area contributed by atoms with Gasteiger partial charge in [0.15, 0.2) is 0 Å². The molecule has 1 N–H and O–H groups in total. The van der Waals surface area contributed by atoms with Gasteiger partial charge in [-0.3, -0.25) is 0 Å². The summed E-state index contributed by atoms with van der Waals surface area (Å²) in [5, 5.41) is 9.68. The maximum Gasteiger partial charge on any atom is 0.0650 e. The Kier molecular flexibility index (Phi) is 0.963. The van der Waals surface area contributed by atoms with Crippen LogP contribution in [0.5, 0.6) is 0 Å². The Labute approximate surface area is 56.1 Å². The fraction of sp³-hybridized carbons (Fsp3) is 1.00. The molecular weight excluding hydrogens is 112 g/mol. The van der Waals surface area contributed by atoms with Crippen molar-refractivity contribution in [3.8, 4) is 0 Å². The second kappa shape index (κ2) is 1.51. The lowest BCUT2D eigenvalue weighted by molar-refractivity contribution is -0.0228. The Morgan fingerprint density at radius 3 is 2.33 bits per heavy atom. The molecule has 0 aromatic carbocycles. The molecule has 0 radical (unpaired) electrons. The Balaban J connectivity index is 2.14. The maximum atomic E-state index is 9.68. The monoisotopic (exact) mass is 126 g/mol. The zero-order chi connectivity index (χ0) is 6.48. The molecule has 0 saturated heterocycles. The van der Waals surface area contributed by atoms with Crippen molar-refractivity contribution in [3.05, 3.63) is 0 Å². The topological polar surface area (TPSA) is 20.2 Å². The first-order chi connectivity index (χ1) is 4.20. The highest BCUT2D eigenvalue weighted by atomic mass is 16.3. The molecule has 1 unspecified atom stereocenters. The van der Waals surface area contributed by atoms with E-state index >= 15 is 0 Å². The Morgan fingerprint density at radius 1 is 1.33 bits per heavy atom. The SMILES string of the molecule is CC1(O)CC[C@@H]2CC[C@@H]21. The first-order valence-corrected chi connectivity index (χ1v) is 3.92. The molecule has 52 valence electrons. The summed E-state index contributed by atoms with van der Waals surface area (Å²) in [5.41, 5.74) is -0.289. The minimum Gasteiger partial charge on any atom is -0.390 e. The van der Waals surface area contributed by atoms with Gasteiger partial charge >= 0.3 is 0 Å². The second-order valence-corrected chi connectivity index (χ2v) is 3.84. The molecule has 1 nitrogen and oxygen atoms in total. The van der Waals surface area contributed by atoms with Crippen LogP contribution in [-0.4, -0.2) is 10.7 Å². The number of hydrogen-bond acceptors (Lipinski definition) is 1. The lowest BCUT2D eigenvalue weighted by Crippen LogP contribution is -2.37. The van der Waals surface area contributed by atoms with Crippen LogP contribution in [0.25, 0.3) is 0 Å². The Morgan fingerprint density at radius 2 is 2.11 bits per heavy atom. The van der Waals surface area contributed by atoms with Gasteiger partial charge in [0.2, 0.25) is 0 Å². The predicted molar refractivity (Wildman–Crippen MR) is 36.1 cm³/mol. The molecule has 2 aliphatic rings. The number of hydrogen-bond donors (Lipinski definition) is 1. The highest BCUT2D eigenvalue weighted by Gasteiger charge is 2.48. The number of fused-ring (bicyclic) bond motifs is 1. The van der Waals surface area contributed by atoms with Gasteiger partial charge < -0.3 is 5.11 Å². The molecular formula is C8H14O. The lowest BCUT2D eigenvalue weighted by atomic mass is 9.71. The Bertz CT molecular complexity index is 129. The summed E-state index contributed by atoms with van der Waals surface area (Å²) in [5.74, 6) is 1.55. The molecule has 2 saturated carbocycles. The van der Waals surface area contributed by atoms with Crippen molar-refractivity contribution >= 4 is 0 Å². The zero-order valence-corrected chi connectivity index (χ0v) is 5.93. The zero-order valence-electron chi connectivity index (χ0n) is 5.93. The van der Waals surface area contributed by atoms with E-state index in [1.54, 1.807) is 0 Å². The van der Waals surface area contributed by atoms with Gasteiger partial charge in [0.25, 0.3) is 0 Å². The van der Waals surface area contributed by atoms with Gasteiger partial charge in [0.05, 0.1) is 5.60 Å². The predicted octanol–water partition coefficient (Wildman–Crippen LogP) is 1.56. The van der Waals surface area contributed by atoms with E-state index in [9.17, 15) is 5.11 Å². The van der Waals surface area contributed by atoms with Gasteiger partial charge in [-0.2, -0.15) is 0 Å². The third-order valence-electron chi connectivity index (χ3n) is 3.24. The standard InChI is InChI=1S/C8H14O/c1-8(9)5-4-6-2-3-7(6)8/h6-7,9H,2-5H2,1H3/t6-,7-,8?/m0/s1. The summed E-state index contributed by atoms with van der Waals surface area (Å²) in [6.45, 7) is 2.00. The van der Waals surface area contributed by atoms with E-state index in [-0.39, 0.29) is 5.60 Å². The summed E-state index contributed by atoms with van der Waals surface area (Å²) >= 11 is 0. The fourth-order valence-corrected chi connectivity index (χ4v) is 2.40. The van der Waals surface area contributed by atoms with Gasteiger partial charge in [-0.25, -0.2) is 0 Å². The summed E-state index contributed by atoms with van der Waals surface area (Å²) in [4.78, 5) is 0. The number of rotatable bonds is 0. The summed E-state index contributed by atoms with van der Waals surface area (Å²) in [7, 11) is 0. The largest absolute Gasteiger partial charge is 0.390 e. The smallest absolute Gasteiger partial charge is 0.0650 e. The van der Waals surface area contributed by atoms with Crippen molar-refractivity contribution in [1.29, 1.82) is 0 Å². The normalized spacial score (nSPS) is 56.7. The van der Waals surface area contributed by atoms with E-state index in [0.29, 0.717) is 5.92 Å². The molecule has 2 rings (SSSR count). The van der Waals surface area contributed by atoms with Crippen LogP contribution in [0.4, 0.5) is 0 Å². The van der Waals surface area contributed by atoms with Crippen LogP contribution in [-0.2, 0) is 0 Å². The van der Waals surface area contributed by atoms with Crippen molar-refractivity contribution in [1.82, 2.24) is 0 Å². The first-order valence-electron chi connectivity index (χ1n) is 3.92. The molecule has 0 aromatic heterocycles. The number of aliphatic hydroxyl groups is 1. The molecule has 2 fully saturated rings. The summed E-state index contributed by atoms with van der Waals surface area (Å²) in [6, 6.07) is 0. The molecule has 0 aromatic rings. The van der Waals surface area contributed by atoms with Gasteiger partial charge in [-0.15, -0.1) is 0 Å². The average molecular weight is 126 g/mol. The van der Waals surface area contributed by atoms with Crippen LogP contribution in [0.1, 0.15) is 32.6 Å². The second-order valence-electron chi connectivity index (χ2n) is 3.84. The average Bonchev–Trinajstić information content (AvgIpc) is 1.74. The molecule has 0 heterocycles. The van der Waals surface area contributed by atoms with Gasteiger partial charge in [0.1, 0.15) is 0 Å². The van der Waals surface area contributed by atoms with E-state index < -0.39 is 0 Å². The van der Waals surface area contributed by atoms with Crippen molar-refractivity contribution < 1.29 is 5.11 Å². The highest BCUT2D eigenvalue weighted by Crippen LogP contribution is 2.52. The third-order valence-corrected chi connectivity index (χ3v) is 3.24. The molecule has 0 bridgehead atoms. The molecule has 0 amide bonds. The molecule has 2 aliphatic carbocycles. The van der Waals surface area contributed by atoms with Crippen LogP contribution in [0.15, 0.2) is 0 Å². The van der Waals surface area contributed by atoms with E-state index in [2.05, 4.69) is 0 Å². The van der Waals surface area contributed by atoms with Crippen LogP contribution in [0.2, 0.25) is 0 Å². The van der Waals surface area contributed by atoms with Crippen molar-refractivity contribution in [2.45, 2.75) is 38.2 Å². The van der Waals surface area contributed by atoms with Crippen molar-refractivity contribution in [3.63, 3.8) is 0 Å². The van der Waals surface area contributed by atoms with Crippen molar-refractivity contribution in [2.24, 2.45) is 11.8 Å². The molecule has 0 spiro atoms. The lowest BCUT2D eigenvalue weighted by Gasteiger charge is -2.37. The quantitative estimate of drug-likeness (QED) is 0.522. The van der Waals surface area contributed by atoms with Crippen LogP contribution >= 0.6 is 0 Å². The van der Waals surface area contributed by atoms with E-state index in [4.69, 9.17) is 0 Å². The minimum absolute atomic E-state index is 0.289. The Hall–Kier alpha value is -0.0400. The highest BCUT2D eigenvalue weighted by molar-refractivity contribution is 4.99. The van der Waals surface area contributed by atoms with Crippen LogP contribution < -0.4 is 0 Å². The van der Waals surface area contributed by atoms with Crippen molar-refractivity contribution in [2.75, 3.05) is 0 Å². The third kappa shape index (κ3) is 0.644. The molecule has 3 atom stereocenters. The summed E-state index contributed by atoms with van der Waals surface area (Å²) in [6.07, 6.45) is 4.97. The minimum atomic E-state index is -0.289. The maximum absolute atomic E-state index is 9.68. The van der Waals surface area contributed by atoms with Gasteiger partial charge in [0, 0.05) is 0 Å². The summed E-state index contributed by atoms with van der Waals surface area (Å²) < 4.78 is 0. The first kappa shape index (κ1) is 5.72. The van der Waals surface area contributed by atoms with Gasteiger partial charge in [-0.1, -0.05) is 0 Å². The van der Waals surface area contributed by atoms with E-state index in [0.717, 1.165) is 12.3 Å². The van der Waals surface area contributed by atoms with Gasteiger partial charge in [-0.05, 0) is 44.4 Å². The van der Waals surface area contributed by atoms with Crippen LogP contribution in [0.3, 0.4) is 0 Å². The van der Waals surface area contributed by atoms with E-state index in [1.807, 2.05) is 6.92 Å². The molecule has 0 aliphatic heterocycles. The van der Waals surface area contributed by atoms with Crippen LogP contribution in [0, 0.1) is 11.8 Å². The fourth-order valence-electron chi connectivity index (χ4n) is 2.40. The molecule has 1 heteroatoms. The molecule has 9 heavy (non-hydrogen) atoms.